The number of H-pyrrole nitrogens is 1. The van der Waals surface area contributed by atoms with Crippen LogP contribution < -0.4 is 5.69 Å². The van der Waals surface area contributed by atoms with Crippen LogP contribution in [0.1, 0.15) is 0 Å². The van der Waals surface area contributed by atoms with Crippen LogP contribution in [-0.4, -0.2) is 19.5 Å². The number of fused-ring (bicyclic) bond motifs is 1. The zero-order valence-electron chi connectivity index (χ0n) is 8.89. The molecule has 5 nitrogen and oxygen atoms in total. The molecule has 1 N–H and O–H groups in total. The number of benzene rings is 1. The van der Waals surface area contributed by atoms with Gasteiger partial charge in [0.25, 0.3) is 0 Å². The summed E-state index contributed by atoms with van der Waals surface area (Å²) in [5.74, 6) is 0. The molecular weight excluding hydrogens is 320 g/mol. The molecule has 1 aromatic carbocycles. The van der Waals surface area contributed by atoms with Crippen molar-refractivity contribution in [3.05, 3.63) is 50.7 Å². The zero-order valence-corrected chi connectivity index (χ0v) is 11.2. The predicted octanol–water partition coefficient (Wildman–Crippen LogP) is 2.52. The summed E-state index contributed by atoms with van der Waals surface area (Å²) in [7, 11) is 0. The fourth-order valence-corrected chi connectivity index (χ4v) is 2.37. The normalized spacial score (nSPS) is 11.0. The van der Waals surface area contributed by atoms with Crippen molar-refractivity contribution in [1.29, 1.82) is 0 Å². The van der Waals surface area contributed by atoms with E-state index >= 15 is 0 Å². The van der Waals surface area contributed by atoms with E-state index in [1.165, 1.54) is 10.9 Å². The smallest absolute Gasteiger partial charge is 0.290 e. The molecule has 0 amide bonds. The van der Waals surface area contributed by atoms with Gasteiger partial charge in [-0.2, -0.15) is 0 Å². The van der Waals surface area contributed by atoms with Crippen molar-refractivity contribution in [2.75, 3.05) is 0 Å². The van der Waals surface area contributed by atoms with Gasteiger partial charge in [-0.05, 0) is 18.2 Å². The van der Waals surface area contributed by atoms with Gasteiger partial charge in [-0.25, -0.2) is 14.8 Å². The monoisotopic (exact) mass is 324 g/mol. The van der Waals surface area contributed by atoms with Crippen LogP contribution in [0.25, 0.3) is 16.9 Å². The number of rotatable bonds is 1. The molecular formula is C11H6BrClN4O. The van der Waals surface area contributed by atoms with Crippen molar-refractivity contribution >= 4 is 38.7 Å². The molecule has 7 heteroatoms. The molecule has 3 aromatic rings. The van der Waals surface area contributed by atoms with Crippen molar-refractivity contribution in [3.63, 3.8) is 0 Å². The lowest BCUT2D eigenvalue weighted by Gasteiger charge is -2.03. The summed E-state index contributed by atoms with van der Waals surface area (Å²) in [6, 6.07) is 7.34. The Balaban J connectivity index is 2.42. The third-order valence-corrected chi connectivity index (χ3v) is 3.27. The third kappa shape index (κ3) is 1.74. The van der Waals surface area contributed by atoms with Gasteiger partial charge in [-0.1, -0.05) is 33.6 Å². The molecule has 0 saturated carbocycles. The third-order valence-electron chi connectivity index (χ3n) is 2.50. The molecule has 90 valence electrons. The maximum atomic E-state index is 12.0. The fourth-order valence-electron chi connectivity index (χ4n) is 1.77. The summed E-state index contributed by atoms with van der Waals surface area (Å²) >= 11 is 9.39. The number of nitrogens with zero attached hydrogens (tertiary/aromatic N) is 3. The number of hydrogen-bond donors (Lipinski definition) is 1. The van der Waals surface area contributed by atoms with Crippen LogP contribution in [0, 0.1) is 0 Å². The number of hydrogen-bond acceptors (Lipinski definition) is 3. The maximum Gasteiger partial charge on any atom is 0.332 e. The average molecular weight is 326 g/mol. The van der Waals surface area contributed by atoms with Gasteiger partial charge in [0, 0.05) is 4.47 Å². The summed E-state index contributed by atoms with van der Waals surface area (Å²) in [4.78, 5) is 22.5. The molecule has 0 saturated heterocycles. The first-order valence-corrected chi connectivity index (χ1v) is 6.21. The van der Waals surface area contributed by atoms with Gasteiger partial charge in [0.2, 0.25) is 0 Å². The van der Waals surface area contributed by atoms with E-state index < -0.39 is 0 Å². The van der Waals surface area contributed by atoms with Crippen molar-refractivity contribution in [1.82, 2.24) is 19.5 Å². The highest BCUT2D eigenvalue weighted by atomic mass is 79.9. The second kappa shape index (κ2) is 4.22. The van der Waals surface area contributed by atoms with Crippen LogP contribution in [0.2, 0.25) is 5.15 Å². The van der Waals surface area contributed by atoms with Gasteiger partial charge < -0.3 is 0 Å². The fraction of sp³-hybridized carbons (Fsp3) is 0. The number of aromatic nitrogens is 4. The predicted molar refractivity (Wildman–Crippen MR) is 72.2 cm³/mol. The van der Waals surface area contributed by atoms with Gasteiger partial charge in [0.05, 0.1) is 5.69 Å². The van der Waals surface area contributed by atoms with Gasteiger partial charge in [-0.15, -0.1) is 0 Å². The number of imidazole rings is 1. The van der Waals surface area contributed by atoms with E-state index in [2.05, 4.69) is 30.9 Å². The topological polar surface area (TPSA) is 63.6 Å². The van der Waals surface area contributed by atoms with Gasteiger partial charge in [0.1, 0.15) is 11.8 Å². The molecule has 0 bridgehead atoms. The standard InChI is InChI=1S/C11H6BrClN4O/c12-6-2-1-3-7(4-6)17-8-9(13)14-5-15-10(8)16-11(17)18/h1-5H,(H,14,15,16,18). The second-order valence-electron chi connectivity index (χ2n) is 3.61. The molecule has 0 radical (unpaired) electrons. The molecule has 0 aliphatic carbocycles. The Bertz CT molecular complexity index is 795. The number of halogens is 2. The second-order valence-corrected chi connectivity index (χ2v) is 4.88. The highest BCUT2D eigenvalue weighted by molar-refractivity contribution is 9.10. The summed E-state index contributed by atoms with van der Waals surface area (Å²) in [5, 5.41) is 0.235. The quantitative estimate of drug-likeness (QED) is 0.699. The molecule has 3 rings (SSSR count). The molecule has 18 heavy (non-hydrogen) atoms. The first-order valence-electron chi connectivity index (χ1n) is 5.04. The maximum absolute atomic E-state index is 12.0. The first kappa shape index (κ1) is 11.4. The zero-order chi connectivity index (χ0) is 12.7. The number of nitrogens with one attached hydrogen (secondary N) is 1. The molecule has 0 aliphatic heterocycles. The Morgan fingerprint density at radius 2 is 2.17 bits per heavy atom. The molecule has 0 spiro atoms. The van der Waals surface area contributed by atoms with Crippen molar-refractivity contribution in [3.8, 4) is 5.69 Å². The van der Waals surface area contributed by atoms with Crippen LogP contribution in [0.3, 0.4) is 0 Å². The lowest BCUT2D eigenvalue weighted by Crippen LogP contribution is -2.14. The van der Waals surface area contributed by atoms with Crippen LogP contribution in [0.4, 0.5) is 0 Å². The largest absolute Gasteiger partial charge is 0.332 e. The molecule has 0 aliphatic rings. The minimum absolute atomic E-state index is 0.235. The highest BCUT2D eigenvalue weighted by Gasteiger charge is 2.13. The van der Waals surface area contributed by atoms with E-state index in [9.17, 15) is 4.79 Å². The Morgan fingerprint density at radius 3 is 2.94 bits per heavy atom. The Kier molecular flexibility index (Phi) is 2.68. The van der Waals surface area contributed by atoms with E-state index in [0.29, 0.717) is 16.9 Å². The van der Waals surface area contributed by atoms with Crippen LogP contribution in [0.5, 0.6) is 0 Å². The van der Waals surface area contributed by atoms with Crippen LogP contribution in [0.15, 0.2) is 39.9 Å². The summed E-state index contributed by atoms with van der Waals surface area (Å²) < 4.78 is 2.32. The Labute approximate surface area is 115 Å². The molecule has 0 atom stereocenters. The van der Waals surface area contributed by atoms with E-state index in [4.69, 9.17) is 11.6 Å². The molecule has 0 unspecified atom stereocenters. The lowest BCUT2D eigenvalue weighted by atomic mass is 10.3. The van der Waals surface area contributed by atoms with Crippen molar-refractivity contribution in [2.24, 2.45) is 0 Å². The summed E-state index contributed by atoms with van der Waals surface area (Å²) in [5.41, 5.74) is 1.28. The average Bonchev–Trinajstić information content (AvgIpc) is 2.67. The van der Waals surface area contributed by atoms with E-state index in [0.717, 1.165) is 4.47 Å². The minimum Gasteiger partial charge on any atom is -0.290 e. The Morgan fingerprint density at radius 1 is 1.33 bits per heavy atom. The van der Waals surface area contributed by atoms with Gasteiger partial charge >= 0.3 is 5.69 Å². The first-order chi connectivity index (χ1) is 8.66. The number of aromatic amines is 1. The van der Waals surface area contributed by atoms with E-state index in [1.807, 2.05) is 24.3 Å². The molecule has 2 heterocycles. The van der Waals surface area contributed by atoms with E-state index in [1.54, 1.807) is 0 Å². The van der Waals surface area contributed by atoms with Crippen molar-refractivity contribution in [2.45, 2.75) is 0 Å². The Hall–Kier alpha value is -1.66. The van der Waals surface area contributed by atoms with E-state index in [-0.39, 0.29) is 10.8 Å². The van der Waals surface area contributed by atoms with Gasteiger partial charge in [-0.3, -0.25) is 9.55 Å². The summed E-state index contributed by atoms with van der Waals surface area (Å²) in [6.45, 7) is 0. The van der Waals surface area contributed by atoms with Crippen molar-refractivity contribution < 1.29 is 0 Å². The molecule has 2 aromatic heterocycles. The lowest BCUT2D eigenvalue weighted by molar-refractivity contribution is 1.01. The summed E-state index contributed by atoms with van der Waals surface area (Å²) in [6.07, 6.45) is 1.31. The highest BCUT2D eigenvalue weighted by Crippen LogP contribution is 2.21. The van der Waals surface area contributed by atoms with Crippen LogP contribution in [-0.2, 0) is 0 Å². The SMILES string of the molecule is O=c1[nH]c2ncnc(Cl)c2n1-c1cccc(Br)c1. The molecule has 0 fully saturated rings. The minimum atomic E-state index is -0.300. The van der Waals surface area contributed by atoms with Crippen LogP contribution >= 0.6 is 27.5 Å². The van der Waals surface area contributed by atoms with Gasteiger partial charge in [0.15, 0.2) is 10.8 Å².